The summed E-state index contributed by atoms with van der Waals surface area (Å²) in [6.45, 7) is 3.00. The van der Waals surface area contributed by atoms with Crippen molar-refractivity contribution in [3.63, 3.8) is 0 Å². The highest BCUT2D eigenvalue weighted by atomic mass is 35.5. The molecule has 1 aliphatic carbocycles. The van der Waals surface area contributed by atoms with Gasteiger partial charge in [0.1, 0.15) is 5.52 Å². The number of carbonyl (C=O) groups excluding carboxylic acids is 1. The number of aliphatic hydroxyl groups excluding tert-OH is 1. The highest BCUT2D eigenvalue weighted by Crippen LogP contribution is 2.49. The average molecular weight is 456 g/mol. The van der Waals surface area contributed by atoms with Crippen LogP contribution in [0.15, 0.2) is 40.8 Å². The number of rotatable bonds is 5. The number of amides is 1. The Kier molecular flexibility index (Phi) is 5.26. The number of aliphatic hydroxyl groups is 1. The molecule has 0 radical (unpaired) electrons. The molecule has 1 amide bonds. The Labute approximate surface area is 191 Å². The summed E-state index contributed by atoms with van der Waals surface area (Å²) >= 11 is 6.18. The maximum absolute atomic E-state index is 13.1. The minimum Gasteiger partial charge on any atom is -0.493 e. The molecule has 5 rings (SSSR count). The van der Waals surface area contributed by atoms with Crippen molar-refractivity contribution in [2.75, 3.05) is 25.5 Å². The van der Waals surface area contributed by atoms with Crippen molar-refractivity contribution in [3.05, 3.63) is 52.5 Å². The summed E-state index contributed by atoms with van der Waals surface area (Å²) in [5, 5.41) is 14.1. The minimum atomic E-state index is -0.366. The number of hydrogen-bond donors (Lipinski definition) is 2. The normalized spacial score (nSPS) is 22.1. The van der Waals surface area contributed by atoms with E-state index in [0.29, 0.717) is 53.0 Å². The maximum atomic E-state index is 13.1. The van der Waals surface area contributed by atoms with Crippen LogP contribution >= 0.6 is 11.6 Å². The Bertz CT molecular complexity index is 1170. The number of piperidine rings is 1. The summed E-state index contributed by atoms with van der Waals surface area (Å²) in [7, 11) is 1.55. The number of halogens is 1. The summed E-state index contributed by atoms with van der Waals surface area (Å²) in [4.78, 5) is 19.5. The molecule has 2 heterocycles. The molecule has 2 aromatic carbocycles. The second-order valence-corrected chi connectivity index (χ2v) is 9.28. The van der Waals surface area contributed by atoms with Crippen molar-refractivity contribution in [1.29, 1.82) is 0 Å². The number of nitrogens with one attached hydrogen (secondary N) is 1. The second kappa shape index (κ2) is 7.98. The molecular weight excluding hydrogens is 430 g/mol. The lowest BCUT2D eigenvalue weighted by molar-refractivity contribution is 0.0297. The Morgan fingerprint density at radius 2 is 2.16 bits per heavy atom. The first kappa shape index (κ1) is 21.1. The van der Waals surface area contributed by atoms with Gasteiger partial charge >= 0.3 is 0 Å². The van der Waals surface area contributed by atoms with E-state index in [1.54, 1.807) is 24.1 Å². The van der Waals surface area contributed by atoms with Crippen molar-refractivity contribution in [1.82, 2.24) is 9.88 Å². The molecule has 32 heavy (non-hydrogen) atoms. The van der Waals surface area contributed by atoms with Gasteiger partial charge < -0.3 is 24.5 Å². The maximum Gasteiger partial charge on any atom is 0.296 e. The van der Waals surface area contributed by atoms with Gasteiger partial charge in [0.25, 0.3) is 11.9 Å². The Morgan fingerprint density at radius 3 is 2.84 bits per heavy atom. The van der Waals surface area contributed by atoms with Gasteiger partial charge in [0.2, 0.25) is 0 Å². The number of methoxy groups -OCH3 is 1. The molecule has 0 spiro atoms. The van der Waals surface area contributed by atoms with Crippen molar-refractivity contribution < 1.29 is 19.1 Å². The molecule has 2 aliphatic rings. The van der Waals surface area contributed by atoms with Crippen molar-refractivity contribution in [3.8, 4) is 5.75 Å². The number of anilines is 1. The van der Waals surface area contributed by atoms with Gasteiger partial charge in [0.15, 0.2) is 11.3 Å². The van der Waals surface area contributed by atoms with E-state index < -0.39 is 0 Å². The van der Waals surface area contributed by atoms with Crippen LogP contribution in [0.2, 0.25) is 5.02 Å². The number of hydrogen-bond acceptors (Lipinski definition) is 6. The first-order valence-electron chi connectivity index (χ1n) is 10.9. The fourth-order valence-corrected chi connectivity index (χ4v) is 4.62. The number of aromatic nitrogens is 1. The third kappa shape index (κ3) is 3.80. The molecule has 1 saturated carbocycles. The second-order valence-electron chi connectivity index (χ2n) is 8.85. The summed E-state index contributed by atoms with van der Waals surface area (Å²) in [6.07, 6.45) is 2.11. The number of carbonyl (C=O) groups is 1. The average Bonchev–Trinajstić information content (AvgIpc) is 3.45. The van der Waals surface area contributed by atoms with Gasteiger partial charge in [-0.2, -0.15) is 4.98 Å². The third-order valence-electron chi connectivity index (χ3n) is 6.54. The van der Waals surface area contributed by atoms with Crippen LogP contribution in [0.5, 0.6) is 5.75 Å². The van der Waals surface area contributed by atoms with E-state index in [2.05, 4.69) is 10.3 Å². The fourth-order valence-electron chi connectivity index (χ4n) is 4.43. The Hall–Kier alpha value is -2.77. The molecule has 1 aromatic heterocycles. The summed E-state index contributed by atoms with van der Waals surface area (Å²) in [5.74, 6) is 0.408. The molecule has 2 fully saturated rings. The van der Waals surface area contributed by atoms with Crippen LogP contribution in [-0.2, 0) is 5.54 Å². The monoisotopic (exact) mass is 455 g/mol. The lowest BCUT2D eigenvalue weighted by Gasteiger charge is -2.34. The van der Waals surface area contributed by atoms with Crippen LogP contribution in [-0.4, -0.2) is 47.2 Å². The van der Waals surface area contributed by atoms with E-state index in [0.717, 1.165) is 18.4 Å². The first-order chi connectivity index (χ1) is 15.4. The number of nitrogens with zero attached hydrogens (tertiary/aromatic N) is 2. The minimum absolute atomic E-state index is 0.0439. The number of fused-ring (bicyclic) bond motifs is 1. The van der Waals surface area contributed by atoms with E-state index in [1.807, 2.05) is 31.2 Å². The van der Waals surface area contributed by atoms with Gasteiger partial charge in [-0.1, -0.05) is 30.7 Å². The smallest absolute Gasteiger partial charge is 0.296 e. The largest absolute Gasteiger partial charge is 0.493 e. The first-order valence-corrected chi connectivity index (χ1v) is 11.3. The Balaban J connectivity index is 1.43. The molecule has 168 valence electrons. The zero-order chi connectivity index (χ0) is 22.5. The van der Waals surface area contributed by atoms with Crippen LogP contribution in [0.25, 0.3) is 11.1 Å². The molecule has 1 saturated heterocycles. The van der Waals surface area contributed by atoms with Gasteiger partial charge in [-0.15, -0.1) is 0 Å². The van der Waals surface area contributed by atoms with Crippen LogP contribution in [0, 0.1) is 5.92 Å². The van der Waals surface area contributed by atoms with Crippen LogP contribution < -0.4 is 10.1 Å². The van der Waals surface area contributed by atoms with E-state index in [4.69, 9.17) is 20.8 Å². The van der Waals surface area contributed by atoms with Gasteiger partial charge in [0.05, 0.1) is 18.8 Å². The van der Waals surface area contributed by atoms with Crippen molar-refractivity contribution in [2.24, 2.45) is 5.92 Å². The van der Waals surface area contributed by atoms with Crippen LogP contribution in [0.1, 0.15) is 42.1 Å². The molecule has 2 unspecified atom stereocenters. The number of benzene rings is 2. The van der Waals surface area contributed by atoms with Crippen LogP contribution in [0.4, 0.5) is 6.01 Å². The zero-order valence-corrected chi connectivity index (χ0v) is 18.9. The van der Waals surface area contributed by atoms with E-state index in [9.17, 15) is 9.90 Å². The van der Waals surface area contributed by atoms with Gasteiger partial charge in [0, 0.05) is 23.7 Å². The van der Waals surface area contributed by atoms with E-state index >= 15 is 0 Å². The fraction of sp³-hybridized carbons (Fsp3) is 0.417. The summed E-state index contributed by atoms with van der Waals surface area (Å²) < 4.78 is 11.5. The topological polar surface area (TPSA) is 87.8 Å². The SMILES string of the molecule is COc1cc(C(=O)N2CCC(O)C(C)C2)cc2nc(NC3(c4cccc(Cl)c4)CC3)oc12. The predicted octanol–water partition coefficient (Wildman–Crippen LogP) is 4.43. The number of likely N-dealkylation sites (tertiary alicyclic amines) is 1. The van der Waals surface area contributed by atoms with Crippen molar-refractivity contribution >= 4 is 34.6 Å². The molecule has 0 bridgehead atoms. The standard InChI is InChI=1S/C24H26ClN3O4/c1-14-13-28(9-6-19(14)29)22(30)15-10-18-21(20(11-15)31-2)32-23(26-18)27-24(7-8-24)16-4-3-5-17(25)12-16/h3-5,10-12,14,19,29H,6-9,13H2,1-2H3,(H,26,27). The highest BCUT2D eigenvalue weighted by Gasteiger charge is 2.45. The lowest BCUT2D eigenvalue weighted by atomic mass is 9.96. The van der Waals surface area contributed by atoms with Crippen LogP contribution in [0.3, 0.4) is 0 Å². The zero-order valence-electron chi connectivity index (χ0n) is 18.1. The Morgan fingerprint density at radius 1 is 1.34 bits per heavy atom. The van der Waals surface area contributed by atoms with E-state index in [1.165, 1.54) is 0 Å². The summed E-state index contributed by atoms with van der Waals surface area (Å²) in [6, 6.07) is 11.6. The highest BCUT2D eigenvalue weighted by molar-refractivity contribution is 6.30. The van der Waals surface area contributed by atoms with Gasteiger partial charge in [-0.05, 0) is 55.0 Å². The molecule has 2 N–H and O–H groups in total. The van der Waals surface area contributed by atoms with Gasteiger partial charge in [-0.25, -0.2) is 0 Å². The summed E-state index contributed by atoms with van der Waals surface area (Å²) in [5.41, 5.74) is 2.39. The van der Waals surface area contributed by atoms with E-state index in [-0.39, 0.29) is 23.5 Å². The molecule has 3 aromatic rings. The molecule has 1 aliphatic heterocycles. The van der Waals surface area contributed by atoms with Gasteiger partial charge in [-0.3, -0.25) is 4.79 Å². The van der Waals surface area contributed by atoms with Crippen molar-refractivity contribution in [2.45, 2.75) is 37.8 Å². The molecule has 8 heteroatoms. The number of ether oxygens (including phenoxy) is 1. The predicted molar refractivity (Wildman–Crippen MR) is 122 cm³/mol. The molecule has 2 atom stereocenters. The number of oxazole rings is 1. The molecule has 7 nitrogen and oxygen atoms in total. The third-order valence-corrected chi connectivity index (χ3v) is 6.78. The molecular formula is C24H26ClN3O4. The lowest BCUT2D eigenvalue weighted by Crippen LogP contribution is -2.44. The quantitative estimate of drug-likeness (QED) is 0.591.